The average molecular weight is 242 g/mol. The lowest BCUT2D eigenvalue weighted by atomic mass is 10.1. The molecule has 1 saturated heterocycles. The second-order valence-electron chi connectivity index (χ2n) is 5.17. The topological polar surface area (TPSA) is 43.2 Å². The van der Waals surface area contributed by atoms with Crippen LogP contribution in [0.3, 0.4) is 0 Å². The minimum Gasteiger partial charge on any atom is -0.298 e. The molecule has 0 spiro atoms. The van der Waals surface area contributed by atoms with Gasteiger partial charge in [0.25, 0.3) is 0 Å². The van der Waals surface area contributed by atoms with Crippen molar-refractivity contribution in [3.05, 3.63) is 29.6 Å². The van der Waals surface area contributed by atoms with Crippen molar-refractivity contribution < 1.29 is 0 Å². The summed E-state index contributed by atoms with van der Waals surface area (Å²) in [5.41, 5.74) is 1.63. The molecule has 0 bridgehead atoms. The van der Waals surface area contributed by atoms with Gasteiger partial charge in [-0.15, -0.1) is 0 Å². The van der Waals surface area contributed by atoms with Gasteiger partial charge in [-0.3, -0.25) is 9.80 Å². The van der Waals surface area contributed by atoms with Crippen molar-refractivity contribution in [2.24, 2.45) is 0 Å². The van der Waals surface area contributed by atoms with Crippen molar-refractivity contribution in [3.8, 4) is 6.07 Å². The predicted octanol–water partition coefficient (Wildman–Crippen LogP) is 1.23. The van der Waals surface area contributed by atoms with E-state index in [1.54, 1.807) is 6.20 Å². The van der Waals surface area contributed by atoms with Crippen LogP contribution in [0.25, 0.3) is 0 Å². The van der Waals surface area contributed by atoms with Crippen molar-refractivity contribution >= 4 is 0 Å². The van der Waals surface area contributed by atoms with E-state index >= 15 is 0 Å². The van der Waals surface area contributed by atoms with Crippen molar-refractivity contribution in [1.29, 1.82) is 5.26 Å². The molecule has 4 heteroatoms. The Hall–Kier alpha value is -1.44. The van der Waals surface area contributed by atoms with Crippen LogP contribution in [0.1, 0.15) is 24.1 Å². The van der Waals surface area contributed by atoms with Crippen molar-refractivity contribution in [2.45, 2.75) is 25.4 Å². The first-order valence-corrected chi connectivity index (χ1v) is 6.67. The molecule has 0 atom stereocenters. The molecule has 1 aromatic heterocycles. The summed E-state index contributed by atoms with van der Waals surface area (Å²) < 4.78 is 0. The Balaban J connectivity index is 1.58. The summed E-state index contributed by atoms with van der Waals surface area (Å²) >= 11 is 0. The van der Waals surface area contributed by atoms with Gasteiger partial charge in [-0.2, -0.15) is 5.26 Å². The molecule has 2 aliphatic rings. The van der Waals surface area contributed by atoms with Gasteiger partial charge in [0.2, 0.25) is 0 Å². The summed E-state index contributed by atoms with van der Waals surface area (Å²) in [4.78, 5) is 9.15. The van der Waals surface area contributed by atoms with Gasteiger partial charge in [0.15, 0.2) is 0 Å². The molecule has 94 valence electrons. The summed E-state index contributed by atoms with van der Waals surface area (Å²) in [6, 6.07) is 6.98. The van der Waals surface area contributed by atoms with Gasteiger partial charge in [-0.25, -0.2) is 4.98 Å². The average Bonchev–Trinajstić information content (AvgIpc) is 3.25. The molecule has 1 aliphatic heterocycles. The van der Waals surface area contributed by atoms with Gasteiger partial charge in [0, 0.05) is 50.5 Å². The van der Waals surface area contributed by atoms with Gasteiger partial charge >= 0.3 is 0 Å². The molecule has 1 saturated carbocycles. The zero-order chi connectivity index (χ0) is 12.4. The summed E-state index contributed by atoms with van der Waals surface area (Å²) in [5, 5.41) is 9.03. The number of pyridine rings is 1. The van der Waals surface area contributed by atoms with Crippen molar-refractivity contribution in [2.75, 3.05) is 26.2 Å². The SMILES string of the molecule is N#Cc1ncccc1CN1CCN(C2CC2)CC1. The zero-order valence-electron chi connectivity index (χ0n) is 10.5. The van der Waals surface area contributed by atoms with Crippen LogP contribution < -0.4 is 0 Å². The number of nitrogens with zero attached hydrogens (tertiary/aromatic N) is 4. The highest BCUT2D eigenvalue weighted by Gasteiger charge is 2.31. The minimum atomic E-state index is 0.571. The molecule has 2 fully saturated rings. The molecule has 0 aromatic carbocycles. The van der Waals surface area contributed by atoms with Crippen LogP contribution in [-0.2, 0) is 6.54 Å². The van der Waals surface area contributed by atoms with Crippen LogP contribution in [0.5, 0.6) is 0 Å². The van der Waals surface area contributed by atoms with E-state index in [-0.39, 0.29) is 0 Å². The third-order valence-electron chi connectivity index (χ3n) is 3.86. The highest BCUT2D eigenvalue weighted by Crippen LogP contribution is 2.27. The van der Waals surface area contributed by atoms with Crippen LogP contribution in [0.4, 0.5) is 0 Å². The first-order valence-electron chi connectivity index (χ1n) is 6.67. The number of nitriles is 1. The first-order chi connectivity index (χ1) is 8.86. The Morgan fingerprint density at radius 3 is 2.72 bits per heavy atom. The van der Waals surface area contributed by atoms with Crippen LogP contribution in [0.2, 0.25) is 0 Å². The number of piperazine rings is 1. The summed E-state index contributed by atoms with van der Waals surface area (Å²) in [7, 11) is 0. The van der Waals surface area contributed by atoms with E-state index in [9.17, 15) is 0 Å². The van der Waals surface area contributed by atoms with Gasteiger partial charge in [0.1, 0.15) is 11.8 Å². The van der Waals surface area contributed by atoms with Crippen LogP contribution >= 0.6 is 0 Å². The summed E-state index contributed by atoms with van der Waals surface area (Å²) in [5.74, 6) is 0. The van der Waals surface area contributed by atoms with E-state index in [1.807, 2.05) is 12.1 Å². The van der Waals surface area contributed by atoms with Gasteiger partial charge in [-0.05, 0) is 18.9 Å². The van der Waals surface area contributed by atoms with E-state index < -0.39 is 0 Å². The lowest BCUT2D eigenvalue weighted by Crippen LogP contribution is -2.46. The smallest absolute Gasteiger partial charge is 0.144 e. The number of aromatic nitrogens is 1. The molecule has 1 aromatic rings. The molecule has 18 heavy (non-hydrogen) atoms. The number of hydrogen-bond acceptors (Lipinski definition) is 4. The standard InChI is InChI=1S/C14H18N4/c15-10-14-12(2-1-5-16-14)11-17-6-8-18(9-7-17)13-3-4-13/h1-2,5,13H,3-4,6-9,11H2. The summed E-state index contributed by atoms with van der Waals surface area (Å²) in [6.07, 6.45) is 4.47. The van der Waals surface area contributed by atoms with Crippen LogP contribution in [-0.4, -0.2) is 47.0 Å². The minimum absolute atomic E-state index is 0.571. The molecule has 2 heterocycles. The maximum Gasteiger partial charge on any atom is 0.144 e. The first kappa shape index (κ1) is 11.6. The predicted molar refractivity (Wildman–Crippen MR) is 68.8 cm³/mol. The van der Waals surface area contributed by atoms with Gasteiger partial charge in [0.05, 0.1) is 0 Å². The van der Waals surface area contributed by atoms with Crippen LogP contribution in [0.15, 0.2) is 18.3 Å². The quantitative estimate of drug-likeness (QED) is 0.799. The fourth-order valence-corrected chi connectivity index (χ4v) is 2.63. The van der Waals surface area contributed by atoms with Crippen molar-refractivity contribution in [1.82, 2.24) is 14.8 Å². The monoisotopic (exact) mass is 242 g/mol. The molecule has 0 amide bonds. The highest BCUT2D eigenvalue weighted by molar-refractivity contribution is 5.30. The van der Waals surface area contributed by atoms with E-state index in [0.717, 1.165) is 31.2 Å². The Kier molecular flexibility index (Phi) is 3.26. The molecule has 0 unspecified atom stereocenters. The maximum atomic E-state index is 9.03. The maximum absolute atomic E-state index is 9.03. The van der Waals surface area contributed by atoms with E-state index in [4.69, 9.17) is 5.26 Å². The third-order valence-corrected chi connectivity index (χ3v) is 3.86. The Morgan fingerprint density at radius 2 is 2.06 bits per heavy atom. The normalized spacial score (nSPS) is 21.7. The fourth-order valence-electron chi connectivity index (χ4n) is 2.63. The molecule has 0 radical (unpaired) electrons. The molecular formula is C14H18N4. The largest absolute Gasteiger partial charge is 0.298 e. The van der Waals surface area contributed by atoms with E-state index in [0.29, 0.717) is 5.69 Å². The second kappa shape index (κ2) is 5.05. The summed E-state index contributed by atoms with van der Waals surface area (Å²) in [6.45, 7) is 5.42. The molecular weight excluding hydrogens is 224 g/mol. The zero-order valence-corrected chi connectivity index (χ0v) is 10.5. The number of hydrogen-bond donors (Lipinski definition) is 0. The van der Waals surface area contributed by atoms with E-state index in [1.165, 1.54) is 25.9 Å². The van der Waals surface area contributed by atoms with Gasteiger partial charge in [-0.1, -0.05) is 6.07 Å². The van der Waals surface area contributed by atoms with Gasteiger partial charge < -0.3 is 0 Å². The highest BCUT2D eigenvalue weighted by atomic mass is 15.3. The molecule has 3 rings (SSSR count). The Labute approximate surface area is 108 Å². The molecule has 0 N–H and O–H groups in total. The fraction of sp³-hybridized carbons (Fsp3) is 0.571. The van der Waals surface area contributed by atoms with Crippen molar-refractivity contribution in [3.63, 3.8) is 0 Å². The van der Waals surface area contributed by atoms with Crippen LogP contribution in [0, 0.1) is 11.3 Å². The number of rotatable bonds is 3. The Bertz CT molecular complexity index is 453. The van der Waals surface area contributed by atoms with E-state index in [2.05, 4.69) is 20.9 Å². The second-order valence-corrected chi connectivity index (χ2v) is 5.17. The molecule has 4 nitrogen and oxygen atoms in total. The third kappa shape index (κ3) is 2.53. The lowest BCUT2D eigenvalue weighted by molar-refractivity contribution is 0.121. The molecule has 1 aliphatic carbocycles. The lowest BCUT2D eigenvalue weighted by Gasteiger charge is -2.34. The Morgan fingerprint density at radius 1 is 1.28 bits per heavy atom.